The zero-order valence-corrected chi connectivity index (χ0v) is 16.1. The molecule has 1 N–H and O–H groups in total. The molecule has 1 saturated heterocycles. The first kappa shape index (κ1) is 19.1. The molecule has 0 saturated carbocycles. The van der Waals surface area contributed by atoms with Gasteiger partial charge < -0.3 is 10.2 Å². The van der Waals surface area contributed by atoms with Crippen LogP contribution >= 0.6 is 0 Å². The van der Waals surface area contributed by atoms with Gasteiger partial charge in [-0.05, 0) is 38.7 Å². The van der Waals surface area contributed by atoms with E-state index in [0.717, 1.165) is 43.3 Å². The van der Waals surface area contributed by atoms with E-state index in [-0.39, 0.29) is 17.4 Å². The monoisotopic (exact) mass is 354 g/mol. The van der Waals surface area contributed by atoms with Gasteiger partial charge in [0.2, 0.25) is 5.95 Å². The van der Waals surface area contributed by atoms with Crippen molar-refractivity contribution in [1.82, 2.24) is 15.3 Å². The van der Waals surface area contributed by atoms with Gasteiger partial charge in [-0.1, -0.05) is 13.8 Å². The summed E-state index contributed by atoms with van der Waals surface area (Å²) in [4.78, 5) is 11.3. The van der Waals surface area contributed by atoms with Gasteiger partial charge >= 0.3 is 0 Å². The Morgan fingerprint density at radius 1 is 1.21 bits per heavy atom. The summed E-state index contributed by atoms with van der Waals surface area (Å²) in [5.41, 5.74) is 1.99. The maximum atomic E-state index is 11.9. The third kappa shape index (κ3) is 6.02. The molecule has 0 aliphatic carbocycles. The fourth-order valence-corrected chi connectivity index (χ4v) is 4.75. The van der Waals surface area contributed by atoms with E-state index in [0.29, 0.717) is 12.6 Å². The van der Waals surface area contributed by atoms with Crippen molar-refractivity contribution in [2.45, 2.75) is 46.6 Å². The number of nitrogens with zero attached hydrogens (tertiary/aromatic N) is 3. The lowest BCUT2D eigenvalue weighted by atomic mass is 10.1. The van der Waals surface area contributed by atoms with Crippen molar-refractivity contribution >= 4 is 15.8 Å². The second-order valence-electron chi connectivity index (χ2n) is 7.17. The Morgan fingerprint density at radius 2 is 1.79 bits per heavy atom. The molecule has 1 aromatic heterocycles. The Labute approximate surface area is 146 Å². The third-order valence-electron chi connectivity index (χ3n) is 4.18. The van der Waals surface area contributed by atoms with Crippen molar-refractivity contribution in [2.75, 3.05) is 36.0 Å². The standard InChI is InChI=1S/C17H30N4O2S/c1-13(2)12-24(22,23)10-7-18-16-5-8-21(9-6-16)17-19-14(3)11-15(4)20-17/h11,13,16,18H,5-10,12H2,1-4H3. The van der Waals surface area contributed by atoms with Gasteiger partial charge in [0.1, 0.15) is 0 Å². The van der Waals surface area contributed by atoms with Gasteiger partial charge in [-0.2, -0.15) is 0 Å². The first-order valence-electron chi connectivity index (χ1n) is 8.76. The molecule has 0 bridgehead atoms. The maximum Gasteiger partial charge on any atom is 0.225 e. The van der Waals surface area contributed by atoms with Gasteiger partial charge in [0, 0.05) is 37.1 Å². The Balaban J connectivity index is 1.77. The molecular formula is C17H30N4O2S. The fraction of sp³-hybridized carbons (Fsp3) is 0.765. The summed E-state index contributed by atoms with van der Waals surface area (Å²) in [5.74, 6) is 1.50. The molecule has 7 heteroatoms. The molecule has 2 rings (SSSR count). The lowest BCUT2D eigenvalue weighted by Crippen LogP contribution is -2.44. The Kier molecular flexibility index (Phi) is 6.57. The van der Waals surface area contributed by atoms with Crippen molar-refractivity contribution in [2.24, 2.45) is 5.92 Å². The normalized spacial score (nSPS) is 16.8. The summed E-state index contributed by atoms with van der Waals surface area (Å²) < 4.78 is 23.8. The van der Waals surface area contributed by atoms with Crippen molar-refractivity contribution in [3.8, 4) is 0 Å². The van der Waals surface area contributed by atoms with Crippen LogP contribution in [0.1, 0.15) is 38.1 Å². The molecule has 0 radical (unpaired) electrons. The van der Waals surface area contributed by atoms with Crippen LogP contribution in [0.4, 0.5) is 5.95 Å². The van der Waals surface area contributed by atoms with Gasteiger partial charge in [-0.3, -0.25) is 0 Å². The van der Waals surface area contributed by atoms with Crippen LogP contribution in [0.2, 0.25) is 0 Å². The van der Waals surface area contributed by atoms with Crippen molar-refractivity contribution < 1.29 is 8.42 Å². The molecule has 0 amide bonds. The smallest absolute Gasteiger partial charge is 0.225 e. The lowest BCUT2D eigenvalue weighted by molar-refractivity contribution is 0.420. The molecule has 0 atom stereocenters. The van der Waals surface area contributed by atoms with Crippen LogP contribution < -0.4 is 10.2 Å². The average molecular weight is 355 g/mol. The fourth-order valence-electron chi connectivity index (χ4n) is 3.14. The first-order chi connectivity index (χ1) is 11.2. The minimum absolute atomic E-state index is 0.191. The van der Waals surface area contributed by atoms with Crippen molar-refractivity contribution in [3.05, 3.63) is 17.5 Å². The predicted octanol–water partition coefficient (Wildman–Crippen LogP) is 1.72. The highest BCUT2D eigenvalue weighted by Crippen LogP contribution is 2.17. The second-order valence-corrected chi connectivity index (χ2v) is 9.40. The molecule has 2 heterocycles. The van der Waals surface area contributed by atoms with Crippen molar-refractivity contribution in [1.29, 1.82) is 0 Å². The SMILES string of the molecule is Cc1cc(C)nc(N2CCC(NCCS(=O)(=O)CC(C)C)CC2)n1. The van der Waals surface area contributed by atoms with Crippen LogP contribution in [0.5, 0.6) is 0 Å². The summed E-state index contributed by atoms with van der Waals surface area (Å²) in [5, 5.41) is 3.40. The van der Waals surface area contributed by atoms with Crippen LogP contribution in [0.25, 0.3) is 0 Å². The summed E-state index contributed by atoms with van der Waals surface area (Å²) in [6.07, 6.45) is 1.97. The predicted molar refractivity (Wildman–Crippen MR) is 98.2 cm³/mol. The van der Waals surface area contributed by atoms with Gasteiger partial charge in [0.15, 0.2) is 9.84 Å². The minimum atomic E-state index is -2.94. The van der Waals surface area contributed by atoms with Crippen LogP contribution in [0.15, 0.2) is 6.07 Å². The Hall–Kier alpha value is -1.21. The number of aromatic nitrogens is 2. The Bertz CT molecular complexity index is 618. The van der Waals surface area contributed by atoms with E-state index in [2.05, 4.69) is 20.2 Å². The molecule has 136 valence electrons. The molecule has 0 aromatic carbocycles. The Morgan fingerprint density at radius 3 is 2.33 bits per heavy atom. The number of piperidine rings is 1. The minimum Gasteiger partial charge on any atom is -0.341 e. The molecule has 1 aromatic rings. The van der Waals surface area contributed by atoms with E-state index in [9.17, 15) is 8.42 Å². The largest absolute Gasteiger partial charge is 0.341 e. The van der Waals surface area contributed by atoms with E-state index >= 15 is 0 Å². The van der Waals surface area contributed by atoms with Gasteiger partial charge in [-0.15, -0.1) is 0 Å². The molecule has 1 aliphatic heterocycles. The summed E-state index contributed by atoms with van der Waals surface area (Å²) in [7, 11) is -2.94. The van der Waals surface area contributed by atoms with Crippen LogP contribution in [0, 0.1) is 19.8 Å². The van der Waals surface area contributed by atoms with Gasteiger partial charge in [0.25, 0.3) is 0 Å². The van der Waals surface area contributed by atoms with Gasteiger partial charge in [0.05, 0.1) is 11.5 Å². The van der Waals surface area contributed by atoms with E-state index < -0.39 is 9.84 Å². The molecule has 1 aliphatic rings. The van der Waals surface area contributed by atoms with Gasteiger partial charge in [-0.25, -0.2) is 18.4 Å². The quantitative estimate of drug-likeness (QED) is 0.804. The summed E-state index contributed by atoms with van der Waals surface area (Å²) in [6, 6.07) is 2.36. The molecular weight excluding hydrogens is 324 g/mol. The van der Waals surface area contributed by atoms with E-state index in [1.807, 2.05) is 33.8 Å². The van der Waals surface area contributed by atoms with E-state index in [1.54, 1.807) is 0 Å². The number of sulfone groups is 1. The number of nitrogens with one attached hydrogen (secondary N) is 1. The molecule has 1 fully saturated rings. The zero-order chi connectivity index (χ0) is 17.7. The van der Waals surface area contributed by atoms with Crippen molar-refractivity contribution in [3.63, 3.8) is 0 Å². The first-order valence-corrected chi connectivity index (χ1v) is 10.6. The number of anilines is 1. The van der Waals surface area contributed by atoms with E-state index in [4.69, 9.17) is 0 Å². The van der Waals surface area contributed by atoms with Crippen LogP contribution in [-0.2, 0) is 9.84 Å². The number of rotatable bonds is 7. The molecule has 0 unspecified atom stereocenters. The van der Waals surface area contributed by atoms with E-state index in [1.165, 1.54) is 0 Å². The number of hydrogen-bond donors (Lipinski definition) is 1. The number of aryl methyl sites for hydroxylation is 2. The third-order valence-corrected chi connectivity index (χ3v) is 6.18. The highest BCUT2D eigenvalue weighted by atomic mass is 32.2. The molecule has 6 nitrogen and oxygen atoms in total. The lowest BCUT2D eigenvalue weighted by Gasteiger charge is -2.32. The zero-order valence-electron chi connectivity index (χ0n) is 15.2. The average Bonchev–Trinajstić information content (AvgIpc) is 2.45. The van der Waals surface area contributed by atoms with Crippen LogP contribution in [-0.4, -0.2) is 55.6 Å². The maximum absolute atomic E-state index is 11.9. The molecule has 24 heavy (non-hydrogen) atoms. The second kappa shape index (κ2) is 8.25. The highest BCUT2D eigenvalue weighted by Gasteiger charge is 2.21. The summed E-state index contributed by atoms with van der Waals surface area (Å²) in [6.45, 7) is 10.2. The molecule has 0 spiro atoms. The van der Waals surface area contributed by atoms with Crippen LogP contribution in [0.3, 0.4) is 0 Å². The highest BCUT2D eigenvalue weighted by molar-refractivity contribution is 7.91. The summed E-state index contributed by atoms with van der Waals surface area (Å²) >= 11 is 0. The number of hydrogen-bond acceptors (Lipinski definition) is 6. The topological polar surface area (TPSA) is 75.2 Å².